The number of nitrogens with zero attached hydrogens (tertiary/aromatic N) is 3. The number of rotatable bonds is 7. The van der Waals surface area contributed by atoms with Crippen molar-refractivity contribution in [1.82, 2.24) is 15.0 Å². The number of amides is 1. The van der Waals surface area contributed by atoms with Crippen molar-refractivity contribution in [2.24, 2.45) is 0 Å². The highest BCUT2D eigenvalue weighted by Crippen LogP contribution is 2.39. The van der Waals surface area contributed by atoms with Crippen LogP contribution in [0, 0.1) is 0 Å². The Morgan fingerprint density at radius 3 is 2.29 bits per heavy atom. The molecule has 2 N–H and O–H groups in total. The van der Waals surface area contributed by atoms with E-state index < -0.39 is 61.6 Å². The van der Waals surface area contributed by atoms with Gasteiger partial charge in [-0.15, -0.1) is 11.3 Å². The molecular formula is C22H19F6N5O3S2. The Hall–Kier alpha value is -3.27. The van der Waals surface area contributed by atoms with Crippen LogP contribution >= 0.6 is 11.3 Å². The summed E-state index contributed by atoms with van der Waals surface area (Å²) in [5.41, 5.74) is -5.40. The van der Waals surface area contributed by atoms with E-state index >= 15 is 0 Å². The summed E-state index contributed by atoms with van der Waals surface area (Å²) >= 11 is 0.928. The van der Waals surface area contributed by atoms with Gasteiger partial charge in [-0.25, -0.2) is 18.4 Å². The van der Waals surface area contributed by atoms with Crippen LogP contribution in [-0.2, 0) is 32.6 Å². The second-order valence-electron chi connectivity index (χ2n) is 9.01. The van der Waals surface area contributed by atoms with Crippen LogP contribution in [0.5, 0.6) is 0 Å². The molecule has 0 radical (unpaired) electrons. The van der Waals surface area contributed by atoms with E-state index in [1.54, 1.807) is 0 Å². The molecule has 0 atom stereocenters. The van der Waals surface area contributed by atoms with Gasteiger partial charge >= 0.3 is 12.4 Å². The van der Waals surface area contributed by atoms with Crippen LogP contribution in [0.25, 0.3) is 11.3 Å². The summed E-state index contributed by atoms with van der Waals surface area (Å²) in [6.07, 6.45) is -7.42. The molecule has 16 heteroatoms. The minimum Gasteiger partial charge on any atom is -0.325 e. The highest BCUT2D eigenvalue weighted by molar-refractivity contribution is 7.93. The van der Waals surface area contributed by atoms with Crippen molar-refractivity contribution in [3.8, 4) is 11.3 Å². The summed E-state index contributed by atoms with van der Waals surface area (Å²) in [5.74, 6) is -0.878. The largest absolute Gasteiger partial charge is 0.434 e. The van der Waals surface area contributed by atoms with Gasteiger partial charge in [0.25, 0.3) is 0 Å². The third-order valence-electron chi connectivity index (χ3n) is 5.70. The molecule has 1 amide bonds. The molecule has 0 bridgehead atoms. The Balaban J connectivity index is 1.60. The highest BCUT2D eigenvalue weighted by atomic mass is 32.2. The van der Waals surface area contributed by atoms with Gasteiger partial charge in [0.15, 0.2) is 10.8 Å². The van der Waals surface area contributed by atoms with Crippen molar-refractivity contribution in [3.05, 3.63) is 52.9 Å². The van der Waals surface area contributed by atoms with Crippen molar-refractivity contribution in [2.45, 2.75) is 49.7 Å². The lowest BCUT2D eigenvalue weighted by Crippen LogP contribution is -2.35. The van der Waals surface area contributed by atoms with Crippen molar-refractivity contribution >= 4 is 38.1 Å². The van der Waals surface area contributed by atoms with Crippen LogP contribution in [0.15, 0.2) is 36.0 Å². The first-order valence-corrected chi connectivity index (χ1v) is 13.3. The number of halogens is 6. The van der Waals surface area contributed by atoms with E-state index in [4.69, 9.17) is 0 Å². The number of benzene rings is 1. The molecule has 8 nitrogen and oxygen atoms in total. The molecule has 1 aliphatic carbocycles. The van der Waals surface area contributed by atoms with Gasteiger partial charge in [0.05, 0.1) is 45.7 Å². The zero-order chi connectivity index (χ0) is 28.1. The number of nitrogens with one attached hydrogen (secondary N) is 2. The van der Waals surface area contributed by atoms with E-state index in [1.165, 1.54) is 19.2 Å². The van der Waals surface area contributed by atoms with E-state index in [1.807, 2.05) is 0 Å². The topological polar surface area (TPSA) is 114 Å². The van der Waals surface area contributed by atoms with Crippen LogP contribution in [0.2, 0.25) is 0 Å². The summed E-state index contributed by atoms with van der Waals surface area (Å²) in [6, 6.07) is 2.56. The lowest BCUT2D eigenvalue weighted by atomic mass is 9.88. The van der Waals surface area contributed by atoms with Gasteiger partial charge in [-0.1, -0.05) is 6.07 Å². The second-order valence-corrected chi connectivity index (χ2v) is 11.8. The fourth-order valence-corrected chi connectivity index (χ4v) is 5.75. The number of thiazole rings is 1. The summed E-state index contributed by atoms with van der Waals surface area (Å²) < 4.78 is 107. The monoisotopic (exact) mass is 579 g/mol. The molecule has 1 fully saturated rings. The number of alkyl halides is 6. The average Bonchev–Trinajstić information content (AvgIpc) is 3.58. The van der Waals surface area contributed by atoms with Crippen LogP contribution in [0.1, 0.15) is 43.6 Å². The Morgan fingerprint density at radius 1 is 1.00 bits per heavy atom. The fourth-order valence-electron chi connectivity index (χ4n) is 3.27. The Bertz CT molecular complexity index is 1480. The molecule has 1 aromatic carbocycles. The zero-order valence-corrected chi connectivity index (χ0v) is 21.2. The third kappa shape index (κ3) is 5.90. The molecule has 2 aromatic heterocycles. The number of anilines is 2. The van der Waals surface area contributed by atoms with Gasteiger partial charge in [-0.05, 0) is 38.8 Å². The van der Waals surface area contributed by atoms with E-state index in [2.05, 4.69) is 25.0 Å². The molecule has 38 heavy (non-hydrogen) atoms. The SMILES string of the molecule is CC(C)(C(=O)Nc1ccc(-c2cncc(C(F)(F)F)n2)cc1C(F)(F)F)c1csc(NS(=O)(=O)C2CC2)n1. The number of carbonyl (C=O) groups excluding carboxylic acids is 1. The van der Waals surface area contributed by atoms with Gasteiger partial charge in [0.1, 0.15) is 0 Å². The number of carbonyl (C=O) groups is 1. The summed E-state index contributed by atoms with van der Waals surface area (Å²) in [6.45, 7) is 2.80. The molecule has 1 saturated carbocycles. The lowest BCUT2D eigenvalue weighted by molar-refractivity contribution is -0.141. The van der Waals surface area contributed by atoms with Crippen molar-refractivity contribution < 1.29 is 39.6 Å². The maximum atomic E-state index is 13.9. The first kappa shape index (κ1) is 27.8. The Morgan fingerprint density at radius 2 is 1.68 bits per heavy atom. The molecule has 0 unspecified atom stereocenters. The maximum Gasteiger partial charge on any atom is 0.434 e. The number of hydrogen-bond donors (Lipinski definition) is 2. The van der Waals surface area contributed by atoms with Crippen LogP contribution in [0.4, 0.5) is 37.2 Å². The number of hydrogen-bond acceptors (Lipinski definition) is 7. The van der Waals surface area contributed by atoms with E-state index in [0.29, 0.717) is 25.1 Å². The van der Waals surface area contributed by atoms with Gasteiger partial charge < -0.3 is 5.32 Å². The second kappa shape index (κ2) is 9.48. The van der Waals surface area contributed by atoms with Gasteiger partial charge in [-0.3, -0.25) is 14.5 Å². The number of aromatic nitrogens is 3. The molecule has 0 saturated heterocycles. The van der Waals surface area contributed by atoms with Gasteiger partial charge in [0, 0.05) is 10.9 Å². The minimum absolute atomic E-state index is 0.0234. The standard InChI is InChI=1S/C22H19F6N5O3S2/c1-20(2,17-10-37-19(32-17)33-38(35,36)12-4-5-12)18(34)31-14-6-3-11(7-13(14)21(23,24)25)15-8-29-9-16(30-15)22(26,27)28/h3,6-10,12H,4-5H2,1-2H3,(H,31,34)(H,32,33). The van der Waals surface area contributed by atoms with E-state index in [9.17, 15) is 39.6 Å². The molecule has 0 aliphatic heterocycles. The highest BCUT2D eigenvalue weighted by Gasteiger charge is 2.39. The molecule has 0 spiro atoms. The van der Waals surface area contributed by atoms with Crippen molar-refractivity contribution in [2.75, 3.05) is 10.0 Å². The molecular weight excluding hydrogens is 560 g/mol. The normalized spacial score (nSPS) is 14.8. The lowest BCUT2D eigenvalue weighted by Gasteiger charge is -2.23. The fraction of sp³-hybridized carbons (Fsp3) is 0.364. The van der Waals surface area contributed by atoms with Crippen LogP contribution in [-0.4, -0.2) is 34.5 Å². The zero-order valence-electron chi connectivity index (χ0n) is 19.6. The molecule has 2 heterocycles. The Kier molecular flexibility index (Phi) is 6.93. The van der Waals surface area contributed by atoms with Crippen LogP contribution < -0.4 is 10.0 Å². The predicted octanol–water partition coefficient (Wildman–Crippen LogP) is 5.46. The van der Waals surface area contributed by atoms with Crippen molar-refractivity contribution in [3.63, 3.8) is 0 Å². The van der Waals surface area contributed by atoms with Gasteiger partial charge in [-0.2, -0.15) is 26.3 Å². The van der Waals surface area contributed by atoms with Gasteiger partial charge in [0.2, 0.25) is 15.9 Å². The predicted molar refractivity (Wildman–Crippen MR) is 127 cm³/mol. The quantitative estimate of drug-likeness (QED) is 0.360. The van der Waals surface area contributed by atoms with Crippen LogP contribution in [0.3, 0.4) is 0 Å². The maximum absolute atomic E-state index is 13.9. The van der Waals surface area contributed by atoms with Crippen molar-refractivity contribution in [1.29, 1.82) is 0 Å². The smallest absolute Gasteiger partial charge is 0.325 e. The molecule has 204 valence electrons. The third-order valence-corrected chi connectivity index (χ3v) is 8.41. The summed E-state index contributed by atoms with van der Waals surface area (Å²) in [5, 5.41) is 3.15. The first-order chi connectivity index (χ1) is 17.5. The molecule has 1 aliphatic rings. The Labute approximate surface area is 216 Å². The summed E-state index contributed by atoms with van der Waals surface area (Å²) in [4.78, 5) is 23.9. The van der Waals surface area contributed by atoms with E-state index in [-0.39, 0.29) is 16.4 Å². The molecule has 3 aromatic rings. The van der Waals surface area contributed by atoms with E-state index in [0.717, 1.165) is 29.7 Å². The minimum atomic E-state index is -4.98. The molecule has 4 rings (SSSR count). The first-order valence-electron chi connectivity index (χ1n) is 10.9. The average molecular weight is 580 g/mol. The number of sulfonamides is 1. The summed E-state index contributed by atoms with van der Waals surface area (Å²) in [7, 11) is -3.60.